The molecule has 2 N–H and O–H groups in total. The van der Waals surface area contributed by atoms with Gasteiger partial charge in [-0.3, -0.25) is 19.8 Å². The third-order valence-electron chi connectivity index (χ3n) is 7.24. The zero-order valence-corrected chi connectivity index (χ0v) is 19.0. The van der Waals surface area contributed by atoms with Gasteiger partial charge in [0.05, 0.1) is 18.3 Å². The van der Waals surface area contributed by atoms with Crippen LogP contribution in [0.15, 0.2) is 18.3 Å². The lowest BCUT2D eigenvalue weighted by molar-refractivity contribution is 0.0580. The van der Waals surface area contributed by atoms with Crippen LogP contribution in [0.3, 0.4) is 0 Å². The van der Waals surface area contributed by atoms with Gasteiger partial charge in [0.1, 0.15) is 5.69 Å². The summed E-state index contributed by atoms with van der Waals surface area (Å²) >= 11 is 0. The van der Waals surface area contributed by atoms with Gasteiger partial charge in [-0.1, -0.05) is 14.4 Å². The Morgan fingerprint density at radius 2 is 2.06 bits per heavy atom. The maximum Gasteiger partial charge on any atom is 0.321 e. The standard InChI is InChI=1S/C23H31N7O2.CH4/c1-4-16-7-8-24-19(10-16)22(31)25-21-18-13-30(15(3)20(18)26-27-21)23(32)29-12-17-6-5-9-28(17)11-14(29)2;/h7-8,10,14-15,17H,4-6,9,11-13H2,1-3H3,(H2,25,26,27,31);1H4/t14-,15?,17-;/m0./s1. The highest BCUT2D eigenvalue weighted by Gasteiger charge is 2.42. The highest BCUT2D eigenvalue weighted by Crippen LogP contribution is 2.37. The zero-order valence-electron chi connectivity index (χ0n) is 19.0. The molecular formula is C24H35N7O2. The number of aryl methyl sites for hydroxylation is 1. The number of H-pyrrole nitrogens is 1. The number of anilines is 1. The third kappa shape index (κ3) is 4.10. The Balaban J connectivity index is 0.00000259. The van der Waals surface area contributed by atoms with E-state index in [9.17, 15) is 9.59 Å². The van der Waals surface area contributed by atoms with E-state index in [1.54, 1.807) is 12.3 Å². The first kappa shape index (κ1) is 23.2. The number of amides is 3. The molecule has 33 heavy (non-hydrogen) atoms. The van der Waals surface area contributed by atoms with E-state index < -0.39 is 0 Å². The minimum atomic E-state index is -0.294. The van der Waals surface area contributed by atoms with Gasteiger partial charge in [-0.25, -0.2) is 4.79 Å². The zero-order chi connectivity index (χ0) is 22.4. The monoisotopic (exact) mass is 453 g/mol. The van der Waals surface area contributed by atoms with Gasteiger partial charge in [-0.05, 0) is 57.4 Å². The van der Waals surface area contributed by atoms with E-state index in [0.29, 0.717) is 24.1 Å². The molecule has 0 aliphatic carbocycles. The SMILES string of the molecule is C.CCc1ccnc(C(=O)Nc2n[nH]c3c2CN(C(=O)N2C[C@@H]4CCCN4C[C@@H]2C)C3C)c1. The molecule has 178 valence electrons. The number of hydrogen-bond acceptors (Lipinski definition) is 5. The molecule has 3 aliphatic rings. The molecule has 9 heteroatoms. The molecular weight excluding hydrogens is 418 g/mol. The van der Waals surface area contributed by atoms with Gasteiger partial charge in [-0.15, -0.1) is 0 Å². The van der Waals surface area contributed by atoms with Crippen LogP contribution < -0.4 is 5.32 Å². The molecule has 0 radical (unpaired) electrons. The normalized spacial score (nSPS) is 24.3. The van der Waals surface area contributed by atoms with Crippen molar-refractivity contribution in [1.29, 1.82) is 0 Å². The van der Waals surface area contributed by atoms with Gasteiger partial charge in [0.25, 0.3) is 5.91 Å². The van der Waals surface area contributed by atoms with E-state index >= 15 is 0 Å². The lowest BCUT2D eigenvalue weighted by atomic mass is 10.1. The van der Waals surface area contributed by atoms with Crippen LogP contribution in [-0.4, -0.2) is 73.5 Å². The second-order valence-electron chi connectivity index (χ2n) is 9.20. The van der Waals surface area contributed by atoms with E-state index in [2.05, 4.69) is 32.3 Å². The second kappa shape index (κ2) is 9.13. The van der Waals surface area contributed by atoms with Crippen LogP contribution >= 0.6 is 0 Å². The number of carbonyl (C=O) groups excluding carboxylic acids is 2. The fraction of sp³-hybridized carbons (Fsp3) is 0.583. The number of fused-ring (bicyclic) bond motifs is 2. The molecule has 9 nitrogen and oxygen atoms in total. The van der Waals surface area contributed by atoms with E-state index in [1.807, 2.05) is 29.7 Å². The van der Waals surface area contributed by atoms with E-state index in [-0.39, 0.29) is 31.4 Å². The molecule has 5 heterocycles. The summed E-state index contributed by atoms with van der Waals surface area (Å²) in [6.07, 6.45) is 4.87. The molecule has 3 atom stereocenters. The molecule has 2 saturated heterocycles. The summed E-state index contributed by atoms with van der Waals surface area (Å²) in [4.78, 5) is 36.9. The number of aromatic nitrogens is 3. The lowest BCUT2D eigenvalue weighted by Crippen LogP contribution is -2.59. The Bertz CT molecular complexity index is 1040. The highest BCUT2D eigenvalue weighted by atomic mass is 16.2. The van der Waals surface area contributed by atoms with Crippen molar-refractivity contribution in [2.24, 2.45) is 0 Å². The van der Waals surface area contributed by atoms with Crippen LogP contribution in [0.4, 0.5) is 10.6 Å². The first-order valence-corrected chi connectivity index (χ1v) is 11.6. The summed E-state index contributed by atoms with van der Waals surface area (Å²) in [6, 6.07) is 4.32. The summed E-state index contributed by atoms with van der Waals surface area (Å²) in [5, 5.41) is 10.3. The average molecular weight is 454 g/mol. The molecule has 3 aliphatic heterocycles. The number of pyridine rings is 1. The minimum Gasteiger partial charge on any atom is -0.319 e. The van der Waals surface area contributed by atoms with Crippen molar-refractivity contribution in [2.45, 2.75) is 72.1 Å². The van der Waals surface area contributed by atoms with Crippen LogP contribution in [0.5, 0.6) is 0 Å². The van der Waals surface area contributed by atoms with Crippen molar-refractivity contribution in [3.63, 3.8) is 0 Å². The number of rotatable bonds is 3. The van der Waals surface area contributed by atoms with Gasteiger partial charge in [0, 0.05) is 36.9 Å². The van der Waals surface area contributed by atoms with Crippen molar-refractivity contribution < 1.29 is 9.59 Å². The number of carbonyl (C=O) groups is 2. The van der Waals surface area contributed by atoms with Crippen LogP contribution in [0, 0.1) is 0 Å². The smallest absolute Gasteiger partial charge is 0.319 e. The van der Waals surface area contributed by atoms with Gasteiger partial charge in [-0.2, -0.15) is 5.10 Å². The van der Waals surface area contributed by atoms with Crippen molar-refractivity contribution in [2.75, 3.05) is 25.0 Å². The predicted molar refractivity (Wildman–Crippen MR) is 127 cm³/mol. The third-order valence-corrected chi connectivity index (χ3v) is 7.24. The number of aromatic amines is 1. The number of nitrogens with zero attached hydrogens (tertiary/aromatic N) is 5. The van der Waals surface area contributed by atoms with Crippen molar-refractivity contribution in [1.82, 2.24) is 29.9 Å². The molecule has 0 bridgehead atoms. The van der Waals surface area contributed by atoms with Crippen LogP contribution in [0.1, 0.15) is 74.4 Å². The fourth-order valence-electron chi connectivity index (χ4n) is 5.29. The summed E-state index contributed by atoms with van der Waals surface area (Å²) < 4.78 is 0. The second-order valence-corrected chi connectivity index (χ2v) is 9.20. The molecule has 1 unspecified atom stereocenters. The summed E-state index contributed by atoms with van der Waals surface area (Å²) in [5.41, 5.74) is 3.18. The quantitative estimate of drug-likeness (QED) is 0.742. The Kier molecular flexibility index (Phi) is 6.43. The topological polar surface area (TPSA) is 97.5 Å². The molecule has 5 rings (SSSR count). The molecule has 2 fully saturated rings. The van der Waals surface area contributed by atoms with Crippen LogP contribution in [-0.2, 0) is 13.0 Å². The predicted octanol–water partition coefficient (Wildman–Crippen LogP) is 3.42. The fourth-order valence-corrected chi connectivity index (χ4v) is 5.29. The van der Waals surface area contributed by atoms with E-state index in [0.717, 1.165) is 42.9 Å². The highest BCUT2D eigenvalue weighted by molar-refractivity contribution is 6.03. The van der Waals surface area contributed by atoms with Crippen LogP contribution in [0.2, 0.25) is 0 Å². The van der Waals surface area contributed by atoms with Crippen LogP contribution in [0.25, 0.3) is 0 Å². The molecule has 2 aromatic rings. The maximum atomic E-state index is 13.5. The molecule has 0 aromatic carbocycles. The summed E-state index contributed by atoms with van der Waals surface area (Å²) in [7, 11) is 0. The Labute approximate surface area is 195 Å². The van der Waals surface area contributed by atoms with E-state index in [4.69, 9.17) is 0 Å². The number of hydrogen-bond donors (Lipinski definition) is 2. The molecule has 0 spiro atoms. The van der Waals surface area contributed by atoms with E-state index in [1.165, 1.54) is 12.8 Å². The number of urea groups is 1. The number of nitrogens with one attached hydrogen (secondary N) is 2. The van der Waals surface area contributed by atoms with Gasteiger partial charge in [0.15, 0.2) is 5.82 Å². The summed E-state index contributed by atoms with van der Waals surface area (Å²) in [5.74, 6) is 0.183. The molecule has 3 amide bonds. The first-order chi connectivity index (χ1) is 15.5. The van der Waals surface area contributed by atoms with Crippen molar-refractivity contribution in [3.05, 3.63) is 40.8 Å². The summed E-state index contributed by atoms with van der Waals surface area (Å²) in [6.45, 7) is 9.49. The maximum absolute atomic E-state index is 13.5. The lowest BCUT2D eigenvalue weighted by Gasteiger charge is -2.44. The van der Waals surface area contributed by atoms with Gasteiger partial charge < -0.3 is 15.1 Å². The largest absolute Gasteiger partial charge is 0.321 e. The van der Waals surface area contributed by atoms with Gasteiger partial charge in [0.2, 0.25) is 0 Å². The Hall–Kier alpha value is -2.94. The molecule has 0 saturated carbocycles. The first-order valence-electron chi connectivity index (χ1n) is 11.6. The Morgan fingerprint density at radius 1 is 1.24 bits per heavy atom. The minimum absolute atomic E-state index is 0. The molecule has 2 aromatic heterocycles. The van der Waals surface area contributed by atoms with Gasteiger partial charge >= 0.3 is 6.03 Å². The van der Waals surface area contributed by atoms with Crippen molar-refractivity contribution in [3.8, 4) is 0 Å². The average Bonchev–Trinajstić information content (AvgIpc) is 3.50. The number of piperazine rings is 1. The Morgan fingerprint density at radius 3 is 2.85 bits per heavy atom. The van der Waals surface area contributed by atoms with Crippen molar-refractivity contribution >= 4 is 17.8 Å².